The summed E-state index contributed by atoms with van der Waals surface area (Å²) >= 11 is 0. The zero-order valence-corrected chi connectivity index (χ0v) is 28.2. The Balaban J connectivity index is 1.86. The van der Waals surface area contributed by atoms with Crippen molar-refractivity contribution in [3.05, 3.63) is 115 Å². The zero-order valence-electron chi connectivity index (χ0n) is 28.2. The first-order valence-electron chi connectivity index (χ1n) is 15.7. The normalized spacial score (nSPS) is 13.2. The smallest absolute Gasteiger partial charge is 0.121 e. The van der Waals surface area contributed by atoms with Crippen molar-refractivity contribution in [3.63, 3.8) is 0 Å². The van der Waals surface area contributed by atoms with Crippen molar-refractivity contribution in [1.29, 1.82) is 0 Å². The molecule has 0 bridgehead atoms. The minimum Gasteiger partial charge on any atom is -0.507 e. The molecular weight excluding hydrogens is 544 g/mol. The number of aryl methyl sites for hydroxylation is 8. The Hall–Kier alpha value is -3.92. The van der Waals surface area contributed by atoms with Crippen LogP contribution in [0.4, 0.5) is 0 Å². The van der Waals surface area contributed by atoms with Crippen molar-refractivity contribution in [3.8, 4) is 23.0 Å². The quantitative estimate of drug-likeness (QED) is 0.155. The van der Waals surface area contributed by atoms with Gasteiger partial charge in [-0.1, -0.05) is 62.4 Å². The number of hydrogen-bond acceptors (Lipinski definition) is 4. The van der Waals surface area contributed by atoms with E-state index in [4.69, 9.17) is 0 Å². The average molecular weight is 595 g/mol. The number of hydrogen-bond donors (Lipinski definition) is 4. The fourth-order valence-corrected chi connectivity index (χ4v) is 7.14. The second-order valence-corrected chi connectivity index (χ2v) is 13.8. The van der Waals surface area contributed by atoms with Crippen molar-refractivity contribution in [1.82, 2.24) is 0 Å². The lowest BCUT2D eigenvalue weighted by molar-refractivity contribution is 0.382. The van der Waals surface area contributed by atoms with Gasteiger partial charge < -0.3 is 20.4 Å². The van der Waals surface area contributed by atoms with E-state index in [-0.39, 0.29) is 5.92 Å². The highest BCUT2D eigenvalue weighted by atomic mass is 16.3. The van der Waals surface area contributed by atoms with Crippen LogP contribution in [0.25, 0.3) is 0 Å². The van der Waals surface area contributed by atoms with E-state index < -0.39 is 5.41 Å². The summed E-state index contributed by atoms with van der Waals surface area (Å²) in [4.78, 5) is 0. The predicted octanol–water partition coefficient (Wildman–Crippen LogP) is 9.73. The molecule has 0 aliphatic carbocycles. The first-order valence-corrected chi connectivity index (χ1v) is 15.7. The Morgan fingerprint density at radius 1 is 0.523 bits per heavy atom. The maximum Gasteiger partial charge on any atom is 0.121 e. The molecule has 4 aromatic rings. The molecule has 4 heteroatoms. The Morgan fingerprint density at radius 2 is 0.841 bits per heavy atom. The van der Waals surface area contributed by atoms with E-state index in [1.54, 1.807) is 0 Å². The summed E-state index contributed by atoms with van der Waals surface area (Å²) in [5, 5.41) is 42.4. The van der Waals surface area contributed by atoms with E-state index in [0.29, 0.717) is 28.9 Å². The van der Waals surface area contributed by atoms with Gasteiger partial charge in [0.15, 0.2) is 0 Å². The molecule has 0 aliphatic rings. The molecular formula is C40H50O4. The molecule has 44 heavy (non-hydrogen) atoms. The van der Waals surface area contributed by atoms with Gasteiger partial charge in [-0.25, -0.2) is 0 Å². The molecule has 0 fully saturated rings. The first-order chi connectivity index (χ1) is 20.5. The van der Waals surface area contributed by atoms with E-state index in [9.17, 15) is 20.4 Å². The molecule has 234 valence electrons. The minimum absolute atomic E-state index is 0.149. The summed E-state index contributed by atoms with van der Waals surface area (Å²) in [7, 11) is 0. The van der Waals surface area contributed by atoms with E-state index in [1.165, 1.54) is 11.1 Å². The average Bonchev–Trinajstić information content (AvgIpc) is 2.94. The van der Waals surface area contributed by atoms with Crippen LogP contribution in [0.2, 0.25) is 0 Å². The van der Waals surface area contributed by atoms with Crippen molar-refractivity contribution in [2.75, 3.05) is 0 Å². The van der Waals surface area contributed by atoms with Gasteiger partial charge in [-0.05, 0) is 153 Å². The van der Waals surface area contributed by atoms with Crippen LogP contribution in [-0.4, -0.2) is 20.4 Å². The Morgan fingerprint density at radius 3 is 1.20 bits per heavy atom. The molecule has 2 unspecified atom stereocenters. The molecule has 0 radical (unpaired) electrons. The lowest BCUT2D eigenvalue weighted by atomic mass is 9.66. The van der Waals surface area contributed by atoms with Crippen LogP contribution >= 0.6 is 0 Å². The van der Waals surface area contributed by atoms with E-state index >= 15 is 0 Å². The SMILES string of the molecule is Cc1cc(CC(C)CC(CC(C)(c2cc(C)c(O)c(C)c2)c2cc(C)c(O)c(C)c2)c2cc(C)c(O)c(C)c2)cc(C)c1O. The van der Waals surface area contributed by atoms with Crippen molar-refractivity contribution >= 4 is 0 Å². The zero-order chi connectivity index (χ0) is 32.7. The molecule has 0 amide bonds. The highest BCUT2D eigenvalue weighted by Gasteiger charge is 2.35. The largest absolute Gasteiger partial charge is 0.507 e. The summed E-state index contributed by atoms with van der Waals surface area (Å²) in [6.45, 7) is 20.2. The van der Waals surface area contributed by atoms with Gasteiger partial charge in [-0.3, -0.25) is 0 Å². The van der Waals surface area contributed by atoms with Crippen LogP contribution in [0, 0.1) is 61.3 Å². The Kier molecular flexibility index (Phi) is 9.44. The minimum atomic E-state index is -0.442. The van der Waals surface area contributed by atoms with E-state index in [2.05, 4.69) is 62.4 Å². The summed E-state index contributed by atoms with van der Waals surface area (Å²) < 4.78 is 0. The second kappa shape index (κ2) is 12.6. The molecule has 0 aromatic heterocycles. The van der Waals surface area contributed by atoms with Crippen LogP contribution in [0.3, 0.4) is 0 Å². The van der Waals surface area contributed by atoms with Crippen LogP contribution in [0.15, 0.2) is 48.5 Å². The Bertz CT molecular complexity index is 1550. The first kappa shape index (κ1) is 33.0. The van der Waals surface area contributed by atoms with E-state index in [0.717, 1.165) is 74.9 Å². The maximum absolute atomic E-state index is 10.7. The number of phenols is 4. The topological polar surface area (TPSA) is 80.9 Å². The molecule has 0 saturated carbocycles. The molecule has 4 nitrogen and oxygen atoms in total. The van der Waals surface area contributed by atoms with Gasteiger partial charge in [0.2, 0.25) is 0 Å². The monoisotopic (exact) mass is 594 g/mol. The fourth-order valence-electron chi connectivity index (χ4n) is 7.14. The van der Waals surface area contributed by atoms with Crippen LogP contribution in [-0.2, 0) is 11.8 Å². The van der Waals surface area contributed by atoms with Crippen molar-refractivity contribution < 1.29 is 20.4 Å². The van der Waals surface area contributed by atoms with Gasteiger partial charge >= 0.3 is 0 Å². The molecule has 2 atom stereocenters. The highest BCUT2D eigenvalue weighted by Crippen LogP contribution is 2.46. The lowest BCUT2D eigenvalue weighted by Gasteiger charge is -2.37. The number of rotatable bonds is 9. The van der Waals surface area contributed by atoms with Crippen LogP contribution < -0.4 is 0 Å². The maximum atomic E-state index is 10.7. The third-order valence-corrected chi connectivity index (χ3v) is 9.72. The van der Waals surface area contributed by atoms with Gasteiger partial charge in [0.05, 0.1) is 0 Å². The molecule has 0 saturated heterocycles. The standard InChI is InChI=1S/C40H50O4/c1-22(11-31-13-23(2)36(41)24(3)14-31)12-33(32-15-25(4)37(42)26(5)16-32)21-40(10,34-17-27(6)38(43)28(7)18-34)35-19-29(8)39(44)30(9)20-35/h13-20,22,33,41-44H,11-12,21H2,1-10H3. The number of benzene rings is 4. The van der Waals surface area contributed by atoms with Crippen molar-refractivity contribution in [2.45, 2.75) is 99.8 Å². The summed E-state index contributed by atoms with van der Waals surface area (Å²) in [5.74, 6) is 1.84. The highest BCUT2D eigenvalue weighted by molar-refractivity contribution is 5.53. The summed E-state index contributed by atoms with van der Waals surface area (Å²) in [6.07, 6.45) is 2.60. The van der Waals surface area contributed by atoms with Gasteiger partial charge in [-0.15, -0.1) is 0 Å². The summed E-state index contributed by atoms with van der Waals surface area (Å²) in [5.41, 5.74) is 11.2. The molecule has 4 N–H and O–H groups in total. The number of phenolic OH excluding ortho intramolecular Hbond substituents is 4. The van der Waals surface area contributed by atoms with Crippen LogP contribution in [0.1, 0.15) is 99.4 Å². The number of aromatic hydroxyl groups is 4. The van der Waals surface area contributed by atoms with Gasteiger partial charge in [-0.2, -0.15) is 0 Å². The second-order valence-electron chi connectivity index (χ2n) is 13.8. The molecule has 0 heterocycles. The molecule has 4 rings (SSSR count). The molecule has 4 aromatic carbocycles. The molecule has 0 spiro atoms. The predicted molar refractivity (Wildman–Crippen MR) is 182 cm³/mol. The van der Waals surface area contributed by atoms with Gasteiger partial charge in [0.1, 0.15) is 23.0 Å². The third kappa shape index (κ3) is 6.60. The van der Waals surface area contributed by atoms with Gasteiger partial charge in [0.25, 0.3) is 0 Å². The van der Waals surface area contributed by atoms with Crippen LogP contribution in [0.5, 0.6) is 23.0 Å². The van der Waals surface area contributed by atoms with Crippen molar-refractivity contribution in [2.24, 2.45) is 5.92 Å². The molecule has 0 aliphatic heterocycles. The summed E-state index contributed by atoms with van der Waals surface area (Å²) in [6, 6.07) is 16.9. The fraction of sp³-hybridized carbons (Fsp3) is 0.400. The Labute approximate surface area is 264 Å². The van der Waals surface area contributed by atoms with Gasteiger partial charge in [0, 0.05) is 5.41 Å². The van der Waals surface area contributed by atoms with E-state index in [1.807, 2.05) is 55.4 Å². The third-order valence-electron chi connectivity index (χ3n) is 9.72. The lowest BCUT2D eigenvalue weighted by Crippen LogP contribution is -2.28.